The zero-order chi connectivity index (χ0) is 12.4. The van der Waals surface area contributed by atoms with Crippen LogP contribution in [-0.2, 0) is 0 Å². The number of halogens is 2. The van der Waals surface area contributed by atoms with Gasteiger partial charge in [0.2, 0.25) is 0 Å². The van der Waals surface area contributed by atoms with E-state index >= 15 is 0 Å². The summed E-state index contributed by atoms with van der Waals surface area (Å²) in [5.41, 5.74) is 5.89. The molecule has 0 atom stereocenters. The third kappa shape index (κ3) is 2.65. The average Bonchev–Trinajstić information content (AvgIpc) is 2.70. The van der Waals surface area contributed by atoms with Crippen LogP contribution >= 0.6 is 27.3 Å². The second-order valence-electron chi connectivity index (χ2n) is 3.29. The van der Waals surface area contributed by atoms with Crippen molar-refractivity contribution in [2.45, 2.75) is 0 Å². The molecule has 1 aromatic carbocycles. The van der Waals surface area contributed by atoms with E-state index in [4.69, 9.17) is 5.73 Å². The number of hydrogen-bond acceptors (Lipinski definition) is 3. The number of anilines is 2. The van der Waals surface area contributed by atoms with Gasteiger partial charge in [-0.15, -0.1) is 11.3 Å². The van der Waals surface area contributed by atoms with Crippen LogP contribution in [-0.4, -0.2) is 5.91 Å². The maximum absolute atomic E-state index is 12.9. The summed E-state index contributed by atoms with van der Waals surface area (Å²) in [6.07, 6.45) is 0. The minimum Gasteiger partial charge on any atom is -0.396 e. The molecule has 0 saturated heterocycles. The van der Waals surface area contributed by atoms with Crippen molar-refractivity contribution in [1.82, 2.24) is 0 Å². The molecule has 0 saturated carbocycles. The summed E-state index contributed by atoms with van der Waals surface area (Å²) in [6, 6.07) is 5.85. The van der Waals surface area contributed by atoms with E-state index in [1.54, 1.807) is 11.4 Å². The maximum Gasteiger partial charge on any atom is 0.266 e. The van der Waals surface area contributed by atoms with Gasteiger partial charge in [-0.05, 0) is 45.6 Å². The Morgan fingerprint density at radius 3 is 2.76 bits per heavy atom. The summed E-state index contributed by atoms with van der Waals surface area (Å²) in [4.78, 5) is 12.4. The first-order valence-electron chi connectivity index (χ1n) is 4.67. The van der Waals surface area contributed by atoms with Crippen LogP contribution < -0.4 is 11.1 Å². The zero-order valence-electron chi connectivity index (χ0n) is 8.54. The van der Waals surface area contributed by atoms with E-state index in [0.717, 1.165) is 4.47 Å². The Bertz CT molecular complexity index is 570. The van der Waals surface area contributed by atoms with Crippen LogP contribution in [0, 0.1) is 5.82 Å². The Labute approximate surface area is 110 Å². The molecule has 0 aliphatic carbocycles. The largest absolute Gasteiger partial charge is 0.396 e. The number of hydrogen-bond donors (Lipinski definition) is 2. The van der Waals surface area contributed by atoms with Crippen LogP contribution in [0.25, 0.3) is 0 Å². The number of nitrogens with one attached hydrogen (secondary N) is 1. The summed E-state index contributed by atoms with van der Waals surface area (Å²) in [7, 11) is 0. The number of benzene rings is 1. The molecule has 0 bridgehead atoms. The molecule has 1 aromatic heterocycles. The molecule has 1 heterocycles. The highest BCUT2D eigenvalue weighted by molar-refractivity contribution is 9.10. The predicted octanol–water partition coefficient (Wildman–Crippen LogP) is 3.48. The molecule has 2 rings (SSSR count). The highest BCUT2D eigenvalue weighted by atomic mass is 79.9. The summed E-state index contributed by atoms with van der Waals surface area (Å²) < 4.78 is 13.7. The van der Waals surface area contributed by atoms with Gasteiger partial charge < -0.3 is 11.1 Å². The highest BCUT2D eigenvalue weighted by Gasteiger charge is 2.12. The molecule has 2 aromatic rings. The van der Waals surface area contributed by atoms with Gasteiger partial charge in [-0.2, -0.15) is 0 Å². The first-order valence-corrected chi connectivity index (χ1v) is 6.34. The van der Waals surface area contributed by atoms with Gasteiger partial charge in [0, 0.05) is 10.2 Å². The number of thiophene rings is 1. The van der Waals surface area contributed by atoms with Gasteiger partial charge in [-0.1, -0.05) is 0 Å². The molecule has 17 heavy (non-hydrogen) atoms. The topological polar surface area (TPSA) is 55.1 Å². The van der Waals surface area contributed by atoms with E-state index in [1.807, 2.05) is 0 Å². The molecule has 0 fully saturated rings. The van der Waals surface area contributed by atoms with Crippen molar-refractivity contribution in [3.63, 3.8) is 0 Å². The fourth-order valence-electron chi connectivity index (χ4n) is 1.27. The summed E-state index contributed by atoms with van der Waals surface area (Å²) >= 11 is 4.59. The van der Waals surface area contributed by atoms with Crippen LogP contribution in [0.4, 0.5) is 15.8 Å². The third-order valence-corrected chi connectivity index (χ3v) is 3.91. The smallest absolute Gasteiger partial charge is 0.266 e. The Balaban J connectivity index is 2.19. The van der Waals surface area contributed by atoms with Gasteiger partial charge in [0.25, 0.3) is 5.91 Å². The Morgan fingerprint density at radius 2 is 2.18 bits per heavy atom. The van der Waals surface area contributed by atoms with Gasteiger partial charge in [0.05, 0.1) is 5.69 Å². The van der Waals surface area contributed by atoms with Crippen LogP contribution in [0.5, 0.6) is 0 Å². The molecule has 3 nitrogen and oxygen atoms in total. The minimum atomic E-state index is -0.500. The molecular formula is C11H8BrFN2OS. The Hall–Kier alpha value is -1.40. The zero-order valence-corrected chi connectivity index (χ0v) is 10.9. The predicted molar refractivity (Wildman–Crippen MR) is 70.8 cm³/mol. The molecule has 1 amide bonds. The lowest BCUT2D eigenvalue weighted by atomic mass is 10.2. The van der Waals surface area contributed by atoms with Gasteiger partial charge in [0.1, 0.15) is 10.7 Å². The number of nitrogens with two attached hydrogens (primary N) is 1. The molecule has 3 N–H and O–H groups in total. The van der Waals surface area contributed by atoms with Crippen molar-refractivity contribution in [2.75, 3.05) is 11.1 Å². The van der Waals surface area contributed by atoms with Gasteiger partial charge in [-0.3, -0.25) is 4.79 Å². The number of amides is 1. The lowest BCUT2D eigenvalue weighted by molar-refractivity contribution is 0.103. The second kappa shape index (κ2) is 4.85. The third-order valence-electron chi connectivity index (χ3n) is 2.08. The molecule has 6 heteroatoms. The van der Waals surface area contributed by atoms with Gasteiger partial charge >= 0.3 is 0 Å². The fourth-order valence-corrected chi connectivity index (χ4v) is 2.71. The molecule has 0 aliphatic rings. The van der Waals surface area contributed by atoms with Crippen LogP contribution in [0.1, 0.15) is 9.67 Å². The number of rotatable bonds is 2. The average molecular weight is 315 g/mol. The Morgan fingerprint density at radius 1 is 1.41 bits per heavy atom. The van der Waals surface area contributed by atoms with E-state index in [1.165, 1.54) is 29.5 Å². The molecular weight excluding hydrogens is 307 g/mol. The second-order valence-corrected chi connectivity index (χ2v) is 5.06. The normalized spacial score (nSPS) is 10.2. The summed E-state index contributed by atoms with van der Waals surface area (Å²) in [5, 5.41) is 4.45. The van der Waals surface area contributed by atoms with E-state index in [-0.39, 0.29) is 11.6 Å². The molecule has 0 aliphatic heterocycles. The van der Waals surface area contributed by atoms with E-state index in [2.05, 4.69) is 21.2 Å². The maximum atomic E-state index is 12.9. The minimum absolute atomic E-state index is 0.00745. The summed E-state index contributed by atoms with van der Waals surface area (Å²) in [6.45, 7) is 0. The van der Waals surface area contributed by atoms with Crippen LogP contribution in [0.2, 0.25) is 0 Å². The standard InChI is InChI=1S/C11H8BrFN2OS/c12-7-3-4-17-10(7)11(16)15-6-1-2-8(13)9(14)5-6/h1-5H,14H2,(H,15,16). The van der Waals surface area contributed by atoms with E-state index in [9.17, 15) is 9.18 Å². The molecule has 0 unspecified atom stereocenters. The first-order chi connectivity index (χ1) is 8.08. The van der Waals surface area contributed by atoms with Crippen molar-refractivity contribution in [1.29, 1.82) is 0 Å². The van der Waals surface area contributed by atoms with E-state index in [0.29, 0.717) is 10.6 Å². The van der Waals surface area contributed by atoms with E-state index < -0.39 is 5.82 Å². The van der Waals surface area contributed by atoms with Crippen molar-refractivity contribution >= 4 is 44.5 Å². The van der Waals surface area contributed by atoms with Crippen molar-refractivity contribution in [3.05, 3.63) is 44.8 Å². The van der Waals surface area contributed by atoms with Crippen LogP contribution in [0.15, 0.2) is 34.1 Å². The molecule has 0 spiro atoms. The highest BCUT2D eigenvalue weighted by Crippen LogP contribution is 2.24. The van der Waals surface area contributed by atoms with Gasteiger partial charge in [-0.25, -0.2) is 4.39 Å². The van der Waals surface area contributed by atoms with Crippen molar-refractivity contribution in [2.24, 2.45) is 0 Å². The lowest BCUT2D eigenvalue weighted by Crippen LogP contribution is -2.11. The Kier molecular flexibility index (Phi) is 3.44. The van der Waals surface area contributed by atoms with Crippen molar-refractivity contribution < 1.29 is 9.18 Å². The fraction of sp³-hybridized carbons (Fsp3) is 0. The number of nitrogen functional groups attached to an aromatic ring is 1. The molecule has 0 radical (unpaired) electrons. The lowest BCUT2D eigenvalue weighted by Gasteiger charge is -2.05. The summed E-state index contributed by atoms with van der Waals surface area (Å²) in [5.74, 6) is -0.752. The monoisotopic (exact) mass is 314 g/mol. The number of carbonyl (C=O) groups is 1. The SMILES string of the molecule is Nc1cc(NC(=O)c2sccc2Br)ccc1F. The quantitative estimate of drug-likeness (QED) is 0.834. The number of carbonyl (C=O) groups excluding carboxylic acids is 1. The van der Waals surface area contributed by atoms with Crippen molar-refractivity contribution in [3.8, 4) is 0 Å². The van der Waals surface area contributed by atoms with Gasteiger partial charge in [0.15, 0.2) is 0 Å². The molecule has 88 valence electrons. The van der Waals surface area contributed by atoms with Crippen LogP contribution in [0.3, 0.4) is 0 Å². The first kappa shape index (κ1) is 12.1.